The van der Waals surface area contributed by atoms with Crippen molar-refractivity contribution < 1.29 is 0 Å². The summed E-state index contributed by atoms with van der Waals surface area (Å²) in [4.78, 5) is 2.49. The van der Waals surface area contributed by atoms with Gasteiger partial charge in [-0.15, -0.1) is 0 Å². The van der Waals surface area contributed by atoms with Gasteiger partial charge in [-0.3, -0.25) is 0 Å². The Morgan fingerprint density at radius 2 is 0.714 bits per heavy atom. The van der Waals surface area contributed by atoms with Crippen LogP contribution in [0.1, 0.15) is 0 Å². The van der Waals surface area contributed by atoms with Crippen LogP contribution in [0.4, 0.5) is 17.1 Å². The number of fused-ring (bicyclic) bond motifs is 7. The van der Waals surface area contributed by atoms with Crippen LogP contribution in [-0.4, -0.2) is 0 Å². The Morgan fingerprint density at radius 1 is 0.206 bits per heavy atom. The highest BCUT2D eigenvalue weighted by Gasteiger charge is 2.23. The van der Waals surface area contributed by atoms with Crippen LogP contribution in [0.25, 0.3) is 98.4 Å². The summed E-state index contributed by atoms with van der Waals surface area (Å²) in [6.07, 6.45) is 0. The lowest BCUT2D eigenvalue weighted by Gasteiger charge is -2.30. The number of para-hydroxylation sites is 1. The van der Waals surface area contributed by atoms with Crippen molar-refractivity contribution in [2.24, 2.45) is 0 Å². The normalized spacial score (nSPS) is 11.5. The molecule has 12 aromatic rings. The van der Waals surface area contributed by atoms with Gasteiger partial charge in [-0.2, -0.15) is 0 Å². The molecule has 0 unspecified atom stereocenters. The van der Waals surface area contributed by atoms with Gasteiger partial charge in [0.1, 0.15) is 0 Å². The molecule has 294 valence electrons. The van der Waals surface area contributed by atoms with Gasteiger partial charge in [-0.1, -0.05) is 212 Å². The highest BCUT2D eigenvalue weighted by atomic mass is 15.1. The van der Waals surface area contributed by atoms with Gasteiger partial charge >= 0.3 is 0 Å². The Bertz CT molecular complexity index is 3670. The van der Waals surface area contributed by atoms with Gasteiger partial charge in [-0.25, -0.2) is 0 Å². The zero-order valence-corrected chi connectivity index (χ0v) is 34.6. The highest BCUT2D eigenvalue weighted by molar-refractivity contribution is 6.22. The molecule has 1 nitrogen and oxygen atoms in total. The summed E-state index contributed by atoms with van der Waals surface area (Å²) in [5.74, 6) is 0. The topological polar surface area (TPSA) is 3.24 Å². The van der Waals surface area contributed by atoms with E-state index in [4.69, 9.17) is 0 Å². The molecule has 0 aliphatic carbocycles. The van der Waals surface area contributed by atoms with Crippen LogP contribution in [0.3, 0.4) is 0 Å². The molecule has 0 spiro atoms. The maximum Gasteiger partial charge on any atom is 0.0540 e. The molecule has 0 aliphatic heterocycles. The van der Waals surface area contributed by atoms with Gasteiger partial charge in [-0.05, 0) is 129 Å². The summed E-state index contributed by atoms with van der Waals surface area (Å²) in [5.41, 5.74) is 12.8. The largest absolute Gasteiger partial charge is 0.310 e. The smallest absolute Gasteiger partial charge is 0.0540 e. The van der Waals surface area contributed by atoms with Crippen LogP contribution >= 0.6 is 0 Å². The van der Waals surface area contributed by atoms with Gasteiger partial charge in [0, 0.05) is 16.9 Å². The Kier molecular flexibility index (Phi) is 8.90. The fourth-order valence-electron chi connectivity index (χ4n) is 9.91. The first-order chi connectivity index (χ1) is 31.3. The standard InChI is InChI=1S/C62H41N/c1-3-18-42(19-4-1)52-37-35-47(39-58(52)44-20-5-2-6-21-44)63(62-33-16-15-31-57(62)53-32-17-25-43-22-7-10-26-49(43)53)48-38-46-24-9-12-28-51(46)59(40-48)61-41-60-50-27-11-8-23-45(50)34-36-56(60)54-29-13-14-30-55(54)61/h1-41H. The minimum absolute atomic E-state index is 1.08. The first kappa shape index (κ1) is 36.6. The SMILES string of the molecule is c1ccc(-c2ccc(N(c3cc(-c4cc5c6ccccc6ccc5c5ccccc45)c4ccccc4c3)c3ccccc3-c3cccc4ccccc34)cc2-c2ccccc2)cc1. The van der Waals surface area contributed by atoms with Crippen molar-refractivity contribution in [2.75, 3.05) is 4.90 Å². The summed E-state index contributed by atoms with van der Waals surface area (Å²) in [5, 5.41) is 12.4. The van der Waals surface area contributed by atoms with E-state index >= 15 is 0 Å². The molecule has 0 aromatic heterocycles. The van der Waals surface area contributed by atoms with Crippen molar-refractivity contribution in [2.45, 2.75) is 0 Å². The van der Waals surface area contributed by atoms with Crippen LogP contribution in [0, 0.1) is 0 Å². The lowest BCUT2D eigenvalue weighted by Crippen LogP contribution is -2.12. The molecule has 0 atom stereocenters. The molecule has 0 heterocycles. The van der Waals surface area contributed by atoms with Crippen LogP contribution < -0.4 is 4.90 Å². The van der Waals surface area contributed by atoms with Crippen molar-refractivity contribution in [1.82, 2.24) is 0 Å². The zero-order valence-electron chi connectivity index (χ0n) is 34.6. The number of hydrogen-bond acceptors (Lipinski definition) is 1. The lowest BCUT2D eigenvalue weighted by atomic mass is 9.88. The predicted octanol–water partition coefficient (Wildman–Crippen LogP) is 17.6. The minimum Gasteiger partial charge on any atom is -0.310 e. The van der Waals surface area contributed by atoms with E-state index in [1.165, 1.54) is 98.4 Å². The number of nitrogens with zero attached hydrogens (tertiary/aromatic N) is 1. The van der Waals surface area contributed by atoms with Crippen molar-refractivity contribution in [3.05, 3.63) is 249 Å². The number of hydrogen-bond donors (Lipinski definition) is 0. The van der Waals surface area contributed by atoms with E-state index in [9.17, 15) is 0 Å². The Hall–Kier alpha value is -8.26. The number of rotatable bonds is 7. The van der Waals surface area contributed by atoms with Gasteiger partial charge in [0.15, 0.2) is 0 Å². The fourth-order valence-corrected chi connectivity index (χ4v) is 9.91. The van der Waals surface area contributed by atoms with Crippen molar-refractivity contribution in [3.63, 3.8) is 0 Å². The zero-order chi connectivity index (χ0) is 41.7. The first-order valence-corrected chi connectivity index (χ1v) is 21.8. The third-order valence-electron chi connectivity index (χ3n) is 12.8. The monoisotopic (exact) mass is 799 g/mol. The molecule has 0 saturated heterocycles. The van der Waals surface area contributed by atoms with Crippen LogP contribution in [0.2, 0.25) is 0 Å². The van der Waals surface area contributed by atoms with E-state index in [0.29, 0.717) is 0 Å². The summed E-state index contributed by atoms with van der Waals surface area (Å²) < 4.78 is 0. The second-order valence-electron chi connectivity index (χ2n) is 16.4. The summed E-state index contributed by atoms with van der Waals surface area (Å²) in [6.45, 7) is 0. The highest BCUT2D eigenvalue weighted by Crippen LogP contribution is 2.48. The predicted molar refractivity (Wildman–Crippen MR) is 270 cm³/mol. The average molecular weight is 800 g/mol. The molecule has 0 aliphatic rings. The third kappa shape index (κ3) is 6.33. The molecule has 0 N–H and O–H groups in total. The van der Waals surface area contributed by atoms with Gasteiger partial charge in [0.2, 0.25) is 0 Å². The quantitative estimate of drug-likeness (QED) is 0.145. The van der Waals surface area contributed by atoms with E-state index in [1.807, 2.05) is 0 Å². The van der Waals surface area contributed by atoms with Crippen molar-refractivity contribution in [3.8, 4) is 44.5 Å². The number of anilines is 3. The van der Waals surface area contributed by atoms with E-state index in [1.54, 1.807) is 0 Å². The molecule has 0 radical (unpaired) electrons. The van der Waals surface area contributed by atoms with Crippen LogP contribution in [-0.2, 0) is 0 Å². The second kappa shape index (κ2) is 15.3. The summed E-state index contributed by atoms with van der Waals surface area (Å²) >= 11 is 0. The van der Waals surface area contributed by atoms with Crippen LogP contribution in [0.5, 0.6) is 0 Å². The Balaban J connectivity index is 1.18. The van der Waals surface area contributed by atoms with Gasteiger partial charge in [0.25, 0.3) is 0 Å². The second-order valence-corrected chi connectivity index (χ2v) is 16.4. The molecular weight excluding hydrogens is 759 g/mol. The minimum atomic E-state index is 1.08. The van der Waals surface area contributed by atoms with Gasteiger partial charge < -0.3 is 4.90 Å². The van der Waals surface area contributed by atoms with E-state index < -0.39 is 0 Å². The molecular formula is C62H41N. The molecule has 0 saturated carbocycles. The van der Waals surface area contributed by atoms with E-state index in [-0.39, 0.29) is 0 Å². The third-order valence-corrected chi connectivity index (χ3v) is 12.8. The van der Waals surface area contributed by atoms with Gasteiger partial charge in [0.05, 0.1) is 5.69 Å². The Labute approximate surface area is 367 Å². The lowest BCUT2D eigenvalue weighted by molar-refractivity contribution is 1.29. The fraction of sp³-hybridized carbons (Fsp3) is 0. The first-order valence-electron chi connectivity index (χ1n) is 21.8. The molecule has 1 heteroatoms. The van der Waals surface area contributed by atoms with E-state index in [0.717, 1.165) is 17.1 Å². The average Bonchev–Trinajstić information content (AvgIpc) is 3.36. The Morgan fingerprint density at radius 3 is 1.48 bits per heavy atom. The molecule has 12 rings (SSSR count). The maximum atomic E-state index is 2.49. The van der Waals surface area contributed by atoms with Crippen LogP contribution in [0.15, 0.2) is 249 Å². The van der Waals surface area contributed by atoms with Crippen molar-refractivity contribution >= 4 is 70.9 Å². The summed E-state index contributed by atoms with van der Waals surface area (Å²) in [6, 6.07) is 91.3. The molecule has 0 fully saturated rings. The molecule has 63 heavy (non-hydrogen) atoms. The molecule has 0 amide bonds. The molecule has 0 bridgehead atoms. The maximum absolute atomic E-state index is 2.49. The summed E-state index contributed by atoms with van der Waals surface area (Å²) in [7, 11) is 0. The molecule has 12 aromatic carbocycles. The van der Waals surface area contributed by atoms with Crippen molar-refractivity contribution in [1.29, 1.82) is 0 Å². The number of benzene rings is 12. The van der Waals surface area contributed by atoms with E-state index in [2.05, 4.69) is 254 Å².